The Morgan fingerprint density at radius 2 is 1.62 bits per heavy atom. The van der Waals surface area contributed by atoms with Gasteiger partial charge in [-0.2, -0.15) is 11.8 Å². The van der Waals surface area contributed by atoms with E-state index >= 15 is 0 Å². The molecule has 72 valence electrons. The highest BCUT2D eigenvalue weighted by Crippen LogP contribution is 2.31. The van der Waals surface area contributed by atoms with Gasteiger partial charge in [0.1, 0.15) is 0 Å². The van der Waals surface area contributed by atoms with E-state index in [0.29, 0.717) is 10.5 Å². The van der Waals surface area contributed by atoms with Crippen LogP contribution in [-0.2, 0) is 0 Å². The topological polar surface area (TPSA) is 26.0 Å². The predicted molar refractivity (Wildman–Crippen MR) is 62.0 cm³/mol. The molecular weight excluding hydrogens is 178 g/mol. The number of thioether (sulfide) groups is 1. The molecule has 0 fully saturated rings. The van der Waals surface area contributed by atoms with Crippen molar-refractivity contribution in [2.24, 2.45) is 0 Å². The van der Waals surface area contributed by atoms with E-state index in [2.05, 4.69) is 32.9 Å². The second kappa shape index (κ2) is 4.56. The summed E-state index contributed by atoms with van der Waals surface area (Å²) in [7, 11) is 0. The van der Waals surface area contributed by atoms with Gasteiger partial charge in [0.2, 0.25) is 0 Å². The quantitative estimate of drug-likeness (QED) is 0.747. The third-order valence-corrected chi connectivity index (χ3v) is 3.11. The molecule has 1 nitrogen and oxygen atoms in total. The van der Waals surface area contributed by atoms with Crippen LogP contribution in [0.2, 0.25) is 0 Å². The molecule has 13 heavy (non-hydrogen) atoms. The van der Waals surface area contributed by atoms with Gasteiger partial charge in [0, 0.05) is 10.9 Å². The highest BCUT2D eigenvalue weighted by molar-refractivity contribution is 8.00. The summed E-state index contributed by atoms with van der Waals surface area (Å²) in [5.41, 5.74) is 7.81. The Morgan fingerprint density at radius 1 is 1.08 bits per heavy atom. The van der Waals surface area contributed by atoms with Gasteiger partial charge in [0.05, 0.1) is 0 Å². The Morgan fingerprint density at radius 3 is 2.08 bits per heavy atom. The van der Waals surface area contributed by atoms with Crippen LogP contribution in [-0.4, -0.2) is 5.25 Å². The predicted octanol–water partition coefficient (Wildman–Crippen LogP) is 3.47. The maximum Gasteiger partial charge on any atom is 0.0314 e. The van der Waals surface area contributed by atoms with Crippen molar-refractivity contribution < 1.29 is 0 Å². The van der Waals surface area contributed by atoms with Crippen LogP contribution in [0.5, 0.6) is 0 Å². The lowest BCUT2D eigenvalue weighted by molar-refractivity contribution is 1.04. The number of hydrogen-bond acceptors (Lipinski definition) is 2. The molecular formula is C11H17NS. The summed E-state index contributed by atoms with van der Waals surface area (Å²) in [5, 5.41) is 1.23. The minimum absolute atomic E-state index is 0.556. The molecule has 1 aromatic carbocycles. The van der Waals surface area contributed by atoms with E-state index in [1.165, 1.54) is 5.56 Å². The summed E-state index contributed by atoms with van der Waals surface area (Å²) >= 11 is 1.97. The fraction of sp³-hybridized carbons (Fsp3) is 0.455. The van der Waals surface area contributed by atoms with Gasteiger partial charge < -0.3 is 5.73 Å². The first-order valence-electron chi connectivity index (χ1n) is 4.60. The summed E-state index contributed by atoms with van der Waals surface area (Å²) in [4.78, 5) is 0. The number of nitrogens with two attached hydrogens (primary N) is 1. The molecule has 0 aliphatic heterocycles. The Kier molecular flexibility index (Phi) is 3.67. The van der Waals surface area contributed by atoms with Crippen LogP contribution in [0.3, 0.4) is 0 Å². The Bertz CT molecular complexity index is 253. The molecule has 2 N–H and O–H groups in total. The highest BCUT2D eigenvalue weighted by Gasteiger charge is 2.07. The van der Waals surface area contributed by atoms with Crippen LogP contribution in [0.15, 0.2) is 24.3 Å². The maximum absolute atomic E-state index is 5.62. The van der Waals surface area contributed by atoms with Crippen LogP contribution in [0, 0.1) is 0 Å². The van der Waals surface area contributed by atoms with E-state index in [1.807, 2.05) is 23.9 Å². The Hall–Kier alpha value is -0.630. The monoisotopic (exact) mass is 195 g/mol. The average Bonchev–Trinajstić information content (AvgIpc) is 2.04. The minimum atomic E-state index is 0.556. The van der Waals surface area contributed by atoms with Gasteiger partial charge in [-0.25, -0.2) is 0 Å². The highest BCUT2D eigenvalue weighted by atomic mass is 32.2. The molecule has 1 aromatic rings. The van der Waals surface area contributed by atoms with Crippen LogP contribution in [0.4, 0.5) is 5.69 Å². The molecule has 0 saturated carbocycles. The molecule has 2 heteroatoms. The first-order valence-corrected chi connectivity index (χ1v) is 5.54. The second-order valence-electron chi connectivity index (χ2n) is 3.49. The molecule has 0 aliphatic rings. The fourth-order valence-electron chi connectivity index (χ4n) is 1.25. The summed E-state index contributed by atoms with van der Waals surface area (Å²) in [6.45, 7) is 6.67. The fourth-order valence-corrected chi connectivity index (χ4v) is 2.38. The molecule has 0 heterocycles. The van der Waals surface area contributed by atoms with Crippen molar-refractivity contribution in [2.45, 2.75) is 31.3 Å². The normalized spacial score (nSPS) is 13.2. The van der Waals surface area contributed by atoms with Crippen molar-refractivity contribution in [3.05, 3.63) is 29.8 Å². The summed E-state index contributed by atoms with van der Waals surface area (Å²) in [6, 6.07) is 8.14. The summed E-state index contributed by atoms with van der Waals surface area (Å²) < 4.78 is 0. The number of hydrogen-bond donors (Lipinski definition) is 1. The first kappa shape index (κ1) is 10.5. The van der Waals surface area contributed by atoms with E-state index in [-0.39, 0.29) is 0 Å². The number of benzene rings is 1. The summed E-state index contributed by atoms with van der Waals surface area (Å²) in [6.07, 6.45) is 0. The lowest BCUT2D eigenvalue weighted by Gasteiger charge is -2.14. The zero-order valence-electron chi connectivity index (χ0n) is 8.45. The molecule has 0 saturated heterocycles. The van der Waals surface area contributed by atoms with Gasteiger partial charge in [-0.05, 0) is 29.9 Å². The van der Waals surface area contributed by atoms with Crippen LogP contribution >= 0.6 is 11.8 Å². The van der Waals surface area contributed by atoms with Crippen LogP contribution in [0.25, 0.3) is 0 Å². The summed E-state index contributed by atoms with van der Waals surface area (Å²) in [5.74, 6) is 0. The molecule has 0 radical (unpaired) electrons. The smallest absolute Gasteiger partial charge is 0.0314 e. The van der Waals surface area contributed by atoms with Crippen molar-refractivity contribution in [1.29, 1.82) is 0 Å². The number of nitrogen functional groups attached to an aromatic ring is 1. The third-order valence-electron chi connectivity index (χ3n) is 1.88. The number of anilines is 1. The van der Waals surface area contributed by atoms with Crippen molar-refractivity contribution in [1.82, 2.24) is 0 Å². The van der Waals surface area contributed by atoms with Gasteiger partial charge in [0.25, 0.3) is 0 Å². The lowest BCUT2D eigenvalue weighted by atomic mass is 10.1. The van der Waals surface area contributed by atoms with E-state index in [1.54, 1.807) is 0 Å². The van der Waals surface area contributed by atoms with Crippen molar-refractivity contribution in [3.63, 3.8) is 0 Å². The van der Waals surface area contributed by atoms with Crippen molar-refractivity contribution in [2.75, 3.05) is 5.73 Å². The van der Waals surface area contributed by atoms with Crippen LogP contribution < -0.4 is 5.73 Å². The van der Waals surface area contributed by atoms with Crippen molar-refractivity contribution in [3.8, 4) is 0 Å². The van der Waals surface area contributed by atoms with Gasteiger partial charge in [-0.1, -0.05) is 26.0 Å². The Balaban J connectivity index is 2.66. The molecule has 0 aliphatic carbocycles. The Labute approximate surface area is 84.7 Å². The van der Waals surface area contributed by atoms with Crippen LogP contribution in [0.1, 0.15) is 31.6 Å². The first-order chi connectivity index (χ1) is 6.09. The molecule has 0 aromatic heterocycles. The van der Waals surface area contributed by atoms with Gasteiger partial charge in [-0.15, -0.1) is 0 Å². The zero-order chi connectivity index (χ0) is 9.84. The molecule has 1 rings (SSSR count). The third kappa shape index (κ3) is 3.31. The van der Waals surface area contributed by atoms with E-state index in [4.69, 9.17) is 5.73 Å². The molecule has 0 amide bonds. The lowest BCUT2D eigenvalue weighted by Crippen LogP contribution is -1.95. The van der Waals surface area contributed by atoms with E-state index in [0.717, 1.165) is 5.69 Å². The van der Waals surface area contributed by atoms with E-state index < -0.39 is 0 Å². The average molecular weight is 195 g/mol. The molecule has 1 atom stereocenters. The SMILES string of the molecule is CC(C)SC(C)c1ccc(N)cc1. The second-order valence-corrected chi connectivity index (χ2v) is 5.42. The van der Waals surface area contributed by atoms with Gasteiger partial charge in [0.15, 0.2) is 0 Å². The molecule has 0 spiro atoms. The zero-order valence-corrected chi connectivity index (χ0v) is 9.27. The van der Waals surface area contributed by atoms with Gasteiger partial charge >= 0.3 is 0 Å². The van der Waals surface area contributed by atoms with Gasteiger partial charge in [-0.3, -0.25) is 0 Å². The molecule has 0 bridgehead atoms. The van der Waals surface area contributed by atoms with Crippen molar-refractivity contribution >= 4 is 17.4 Å². The standard InChI is InChI=1S/C11H17NS/c1-8(2)13-9(3)10-4-6-11(12)7-5-10/h4-9H,12H2,1-3H3. The largest absolute Gasteiger partial charge is 0.399 e. The minimum Gasteiger partial charge on any atom is -0.399 e. The maximum atomic E-state index is 5.62. The van der Waals surface area contributed by atoms with E-state index in [9.17, 15) is 0 Å². The molecule has 1 unspecified atom stereocenters. The number of rotatable bonds is 3.